The molecule has 0 radical (unpaired) electrons. The highest BCUT2D eigenvalue weighted by atomic mass is 79.9. The van der Waals surface area contributed by atoms with Gasteiger partial charge in [0.15, 0.2) is 9.84 Å². The van der Waals surface area contributed by atoms with E-state index in [0.717, 1.165) is 6.26 Å². The number of halogens is 1. The van der Waals surface area contributed by atoms with Gasteiger partial charge in [0.25, 0.3) is 0 Å². The van der Waals surface area contributed by atoms with Gasteiger partial charge in [0.2, 0.25) is 0 Å². The summed E-state index contributed by atoms with van der Waals surface area (Å²) in [5.41, 5.74) is 5.84. The number of rotatable bonds is 4. The van der Waals surface area contributed by atoms with Gasteiger partial charge < -0.3 is 10.8 Å². The van der Waals surface area contributed by atoms with Gasteiger partial charge in [-0.1, -0.05) is 6.07 Å². The van der Waals surface area contributed by atoms with Gasteiger partial charge in [-0.05, 0) is 33.6 Å². The van der Waals surface area contributed by atoms with Crippen LogP contribution >= 0.6 is 15.9 Å². The van der Waals surface area contributed by atoms with Gasteiger partial charge in [0.1, 0.15) is 0 Å². The number of hydrogen-bond acceptors (Lipinski definition) is 4. The van der Waals surface area contributed by atoms with Gasteiger partial charge in [-0.2, -0.15) is 0 Å². The number of sulfone groups is 1. The Morgan fingerprint density at radius 1 is 1.53 bits per heavy atom. The van der Waals surface area contributed by atoms with E-state index in [1.807, 2.05) is 0 Å². The molecule has 1 unspecified atom stereocenters. The van der Waals surface area contributed by atoms with Crippen LogP contribution in [0.4, 0.5) is 0 Å². The number of hydrogen-bond donors (Lipinski definition) is 2. The lowest BCUT2D eigenvalue weighted by molar-refractivity contribution is -0.138. The summed E-state index contributed by atoms with van der Waals surface area (Å²) in [6, 6.07) is 4.31. The normalized spacial score (nSPS) is 13.4. The van der Waals surface area contributed by atoms with Crippen molar-refractivity contribution < 1.29 is 18.3 Å². The molecule has 1 rings (SSSR count). The van der Waals surface area contributed by atoms with Crippen molar-refractivity contribution in [2.45, 2.75) is 10.8 Å². The summed E-state index contributed by atoms with van der Waals surface area (Å²) >= 11 is 3.12. The summed E-state index contributed by atoms with van der Waals surface area (Å²) in [6.45, 7) is -0.0417. The zero-order valence-corrected chi connectivity index (χ0v) is 11.5. The molecule has 0 saturated carbocycles. The molecule has 3 N–H and O–H groups in total. The fourth-order valence-corrected chi connectivity index (χ4v) is 3.42. The summed E-state index contributed by atoms with van der Waals surface area (Å²) in [6.07, 6.45) is 1.09. The molecular formula is C10H12BrNO4S. The summed E-state index contributed by atoms with van der Waals surface area (Å²) in [7, 11) is -3.33. The number of nitrogens with two attached hydrogens (primary N) is 1. The van der Waals surface area contributed by atoms with Gasteiger partial charge in [0.05, 0.1) is 10.8 Å². The van der Waals surface area contributed by atoms with Crippen molar-refractivity contribution >= 4 is 31.7 Å². The Hall–Kier alpha value is -0.920. The molecule has 0 aromatic heterocycles. The van der Waals surface area contributed by atoms with Crippen LogP contribution in [0.3, 0.4) is 0 Å². The molecule has 1 aromatic carbocycles. The summed E-state index contributed by atoms with van der Waals surface area (Å²) in [5.74, 6) is -1.87. The molecule has 0 heterocycles. The van der Waals surface area contributed by atoms with E-state index in [9.17, 15) is 13.2 Å². The lowest BCUT2D eigenvalue weighted by Crippen LogP contribution is -2.21. The quantitative estimate of drug-likeness (QED) is 0.861. The molecule has 0 spiro atoms. The first-order chi connectivity index (χ1) is 7.77. The van der Waals surface area contributed by atoms with Crippen molar-refractivity contribution in [1.82, 2.24) is 0 Å². The van der Waals surface area contributed by atoms with Crippen LogP contribution in [-0.4, -0.2) is 32.3 Å². The molecule has 17 heavy (non-hydrogen) atoms. The first-order valence-corrected chi connectivity index (χ1v) is 7.38. The monoisotopic (exact) mass is 321 g/mol. The van der Waals surface area contributed by atoms with Gasteiger partial charge in [-0.25, -0.2) is 8.42 Å². The van der Waals surface area contributed by atoms with Gasteiger partial charge in [-0.15, -0.1) is 0 Å². The Kier molecular flexibility index (Phi) is 4.29. The molecule has 0 saturated heterocycles. The number of carboxylic acids is 1. The minimum Gasteiger partial charge on any atom is -0.481 e. The van der Waals surface area contributed by atoms with E-state index in [2.05, 4.69) is 15.9 Å². The minimum absolute atomic E-state index is 0.0417. The zero-order chi connectivity index (χ0) is 13.2. The van der Waals surface area contributed by atoms with Crippen molar-refractivity contribution in [2.24, 2.45) is 5.73 Å². The SMILES string of the molecule is CS(=O)(=O)c1ccc(C(CN)C(=O)O)cc1Br. The van der Waals surface area contributed by atoms with Crippen LogP contribution < -0.4 is 5.73 Å². The Bertz CT molecular complexity index is 541. The highest BCUT2D eigenvalue weighted by Crippen LogP contribution is 2.26. The predicted octanol–water partition coefficient (Wildman–Crippen LogP) is 0.980. The van der Waals surface area contributed by atoms with E-state index in [-0.39, 0.29) is 11.4 Å². The van der Waals surface area contributed by atoms with Gasteiger partial charge in [0, 0.05) is 17.3 Å². The largest absolute Gasteiger partial charge is 0.481 e. The minimum atomic E-state index is -3.33. The lowest BCUT2D eigenvalue weighted by atomic mass is 10.00. The number of carboxylic acid groups (broad SMARTS) is 1. The zero-order valence-electron chi connectivity index (χ0n) is 9.05. The fraction of sp³-hybridized carbons (Fsp3) is 0.300. The molecule has 0 bridgehead atoms. The van der Waals surface area contributed by atoms with Gasteiger partial charge in [-0.3, -0.25) is 4.79 Å². The Morgan fingerprint density at radius 2 is 2.12 bits per heavy atom. The molecule has 1 aromatic rings. The van der Waals surface area contributed by atoms with E-state index in [4.69, 9.17) is 10.8 Å². The van der Waals surface area contributed by atoms with E-state index < -0.39 is 21.7 Å². The lowest BCUT2D eigenvalue weighted by Gasteiger charge is -2.11. The van der Waals surface area contributed by atoms with Crippen LogP contribution in [0.25, 0.3) is 0 Å². The third kappa shape index (κ3) is 3.27. The van der Waals surface area contributed by atoms with E-state index in [1.54, 1.807) is 0 Å². The Morgan fingerprint density at radius 3 is 2.47 bits per heavy atom. The first kappa shape index (κ1) is 14.1. The van der Waals surface area contributed by atoms with E-state index >= 15 is 0 Å². The van der Waals surface area contributed by atoms with Crippen molar-refractivity contribution in [2.75, 3.05) is 12.8 Å². The van der Waals surface area contributed by atoms with Gasteiger partial charge >= 0.3 is 5.97 Å². The molecule has 0 fully saturated rings. The topological polar surface area (TPSA) is 97.5 Å². The maximum atomic E-state index is 11.4. The number of aliphatic carboxylic acids is 1. The smallest absolute Gasteiger partial charge is 0.312 e. The molecule has 0 aliphatic rings. The Labute approximate surface area is 108 Å². The third-order valence-electron chi connectivity index (χ3n) is 2.29. The van der Waals surface area contributed by atoms with E-state index in [1.165, 1.54) is 18.2 Å². The summed E-state index contributed by atoms with van der Waals surface area (Å²) < 4.78 is 23.1. The highest BCUT2D eigenvalue weighted by Gasteiger charge is 2.20. The highest BCUT2D eigenvalue weighted by molar-refractivity contribution is 9.10. The molecule has 0 amide bonds. The van der Waals surface area contributed by atoms with Crippen molar-refractivity contribution in [1.29, 1.82) is 0 Å². The van der Waals surface area contributed by atoms with Crippen LogP contribution in [0.2, 0.25) is 0 Å². The molecule has 0 aliphatic heterocycles. The van der Waals surface area contributed by atoms with Crippen molar-refractivity contribution in [3.05, 3.63) is 28.2 Å². The summed E-state index contributed by atoms with van der Waals surface area (Å²) in [5, 5.41) is 8.93. The second-order valence-corrected chi connectivity index (χ2v) is 6.43. The standard InChI is InChI=1S/C10H12BrNO4S/c1-17(15,16)9-3-2-6(4-8(9)11)7(5-12)10(13)14/h2-4,7H,5,12H2,1H3,(H,13,14). The number of benzene rings is 1. The average molecular weight is 322 g/mol. The van der Waals surface area contributed by atoms with Crippen LogP contribution in [0.5, 0.6) is 0 Å². The Balaban J connectivity index is 3.26. The second kappa shape index (κ2) is 5.16. The van der Waals surface area contributed by atoms with Crippen molar-refractivity contribution in [3.8, 4) is 0 Å². The van der Waals surface area contributed by atoms with Crippen LogP contribution in [0.15, 0.2) is 27.6 Å². The maximum Gasteiger partial charge on any atom is 0.312 e. The van der Waals surface area contributed by atoms with E-state index in [0.29, 0.717) is 10.0 Å². The predicted molar refractivity (Wildman–Crippen MR) is 66.7 cm³/mol. The fourth-order valence-electron chi connectivity index (χ4n) is 1.41. The van der Waals surface area contributed by atoms with Crippen molar-refractivity contribution in [3.63, 3.8) is 0 Å². The second-order valence-electron chi connectivity index (χ2n) is 3.59. The average Bonchev–Trinajstić information content (AvgIpc) is 2.15. The van der Waals surface area contributed by atoms with Crippen LogP contribution in [-0.2, 0) is 14.6 Å². The molecule has 0 aliphatic carbocycles. The molecule has 1 atom stereocenters. The first-order valence-electron chi connectivity index (χ1n) is 4.69. The molecular weight excluding hydrogens is 310 g/mol. The molecule has 7 heteroatoms. The van der Waals surface area contributed by atoms with Crippen LogP contribution in [0.1, 0.15) is 11.5 Å². The molecule has 94 valence electrons. The summed E-state index contributed by atoms with van der Waals surface area (Å²) in [4.78, 5) is 11.0. The maximum absolute atomic E-state index is 11.4. The molecule has 5 nitrogen and oxygen atoms in total. The third-order valence-corrected chi connectivity index (χ3v) is 4.37. The van der Waals surface area contributed by atoms with Crippen LogP contribution in [0, 0.1) is 0 Å². The number of carbonyl (C=O) groups is 1.